The van der Waals surface area contributed by atoms with Crippen LogP contribution in [0, 0.1) is 0 Å². The zero-order valence-corrected chi connectivity index (χ0v) is 10.1. The number of rotatable bonds is 1. The van der Waals surface area contributed by atoms with Gasteiger partial charge in [-0.05, 0) is 25.3 Å². The minimum Gasteiger partial charge on any atom is -0.556 e. The molecule has 0 aliphatic heterocycles. The first-order chi connectivity index (χ1) is 5.93. The maximum Gasteiger partial charge on any atom is 0.203 e. The van der Waals surface area contributed by atoms with Gasteiger partial charge in [-0.25, -0.2) is 0 Å². The highest BCUT2D eigenvalue weighted by atomic mass is 28.2. The second-order valence-corrected chi connectivity index (χ2v) is 3.94. The fourth-order valence-electron chi connectivity index (χ4n) is 1.70. The summed E-state index contributed by atoms with van der Waals surface area (Å²) >= 11 is 0. The predicted octanol–water partition coefficient (Wildman–Crippen LogP) is 2.30. The molecule has 1 nitrogen and oxygen atoms in total. The van der Waals surface area contributed by atoms with Crippen LogP contribution >= 0.6 is 0 Å². The lowest BCUT2D eigenvalue weighted by molar-refractivity contribution is 0.422. The molecule has 0 fully saturated rings. The third kappa shape index (κ3) is 3.95. The van der Waals surface area contributed by atoms with Crippen molar-refractivity contribution in [1.82, 2.24) is 0 Å². The Morgan fingerprint density at radius 1 is 1.00 bits per heavy atom. The zero-order chi connectivity index (χ0) is 8.65. The maximum absolute atomic E-state index is 5.42. The van der Waals surface area contributed by atoms with Crippen molar-refractivity contribution >= 4 is 10.5 Å². The molecule has 0 saturated heterocycles. The number of hydrogen-bond acceptors (Lipinski definition) is 1. The van der Waals surface area contributed by atoms with Gasteiger partial charge in [0.25, 0.3) is 0 Å². The molecule has 0 atom stereocenters. The third-order valence-electron chi connectivity index (χ3n) is 2.51. The fourth-order valence-corrected chi connectivity index (χ4v) is 2.07. The fraction of sp³-hybridized carbons (Fsp3) is 0.800. The lowest BCUT2D eigenvalue weighted by Gasteiger charge is -2.09. The highest BCUT2D eigenvalue weighted by Gasteiger charge is 1.99. The summed E-state index contributed by atoms with van der Waals surface area (Å²) in [5.41, 5.74) is 0. The molecule has 1 rings (SSSR count). The molecule has 0 amide bonds. The molecular formula is C10H20OSi. The molecule has 0 saturated carbocycles. The van der Waals surface area contributed by atoms with Crippen molar-refractivity contribution in [3.8, 4) is 0 Å². The SMILES string of the molecule is [SiH3]OC1=CCCCCCCCC1. The standard InChI is InChI=1S/C10H20OSi/c12-11-10-8-6-4-2-1-3-5-7-9-10/h8H,1-7,9H2,12H3. The van der Waals surface area contributed by atoms with Crippen LogP contribution in [-0.4, -0.2) is 10.5 Å². The summed E-state index contributed by atoms with van der Waals surface area (Å²) in [5, 5.41) is 0. The van der Waals surface area contributed by atoms with Crippen LogP contribution in [0.4, 0.5) is 0 Å². The van der Waals surface area contributed by atoms with E-state index >= 15 is 0 Å². The Morgan fingerprint density at radius 2 is 1.67 bits per heavy atom. The van der Waals surface area contributed by atoms with Crippen molar-refractivity contribution in [2.45, 2.75) is 51.4 Å². The van der Waals surface area contributed by atoms with Gasteiger partial charge in [-0.2, -0.15) is 0 Å². The lowest BCUT2D eigenvalue weighted by atomic mass is 10.0. The van der Waals surface area contributed by atoms with Crippen LogP contribution in [0.1, 0.15) is 51.4 Å². The Morgan fingerprint density at radius 3 is 2.42 bits per heavy atom. The summed E-state index contributed by atoms with van der Waals surface area (Å²) in [6.45, 7) is 0. The molecule has 0 unspecified atom stereocenters. The second kappa shape index (κ2) is 6.29. The van der Waals surface area contributed by atoms with E-state index < -0.39 is 0 Å². The molecule has 1 aliphatic carbocycles. The first-order valence-electron chi connectivity index (χ1n) is 5.16. The Hall–Kier alpha value is -0.243. The molecular weight excluding hydrogens is 164 g/mol. The van der Waals surface area contributed by atoms with Crippen molar-refractivity contribution in [2.24, 2.45) is 0 Å². The van der Waals surface area contributed by atoms with Gasteiger partial charge in [0, 0.05) is 6.42 Å². The first kappa shape index (κ1) is 9.84. The van der Waals surface area contributed by atoms with Gasteiger partial charge in [-0.15, -0.1) is 0 Å². The summed E-state index contributed by atoms with van der Waals surface area (Å²) in [7, 11) is 0.857. The van der Waals surface area contributed by atoms with E-state index in [9.17, 15) is 0 Å². The normalized spacial score (nSPS) is 21.5. The average Bonchev–Trinajstić information content (AvgIpc) is 2.14. The van der Waals surface area contributed by atoms with E-state index in [1.54, 1.807) is 0 Å². The van der Waals surface area contributed by atoms with Crippen LogP contribution in [0.15, 0.2) is 11.8 Å². The van der Waals surface area contributed by atoms with E-state index in [1.807, 2.05) is 0 Å². The number of allylic oxidation sites excluding steroid dienone is 2. The Balaban J connectivity index is 2.32. The van der Waals surface area contributed by atoms with Crippen molar-refractivity contribution in [2.75, 3.05) is 0 Å². The van der Waals surface area contributed by atoms with Crippen molar-refractivity contribution in [1.29, 1.82) is 0 Å². The molecule has 0 aromatic rings. The van der Waals surface area contributed by atoms with Gasteiger partial charge in [0.05, 0.1) is 5.76 Å². The Kier molecular flexibility index (Phi) is 5.16. The van der Waals surface area contributed by atoms with Crippen LogP contribution < -0.4 is 0 Å². The highest BCUT2D eigenvalue weighted by molar-refractivity contribution is 5.98. The monoisotopic (exact) mass is 184 g/mol. The molecule has 0 aromatic heterocycles. The number of hydrogen-bond donors (Lipinski definition) is 0. The van der Waals surface area contributed by atoms with Crippen LogP contribution in [-0.2, 0) is 4.43 Å². The average molecular weight is 184 g/mol. The van der Waals surface area contributed by atoms with E-state index in [2.05, 4.69) is 6.08 Å². The van der Waals surface area contributed by atoms with Crippen molar-refractivity contribution in [3.05, 3.63) is 11.8 Å². The van der Waals surface area contributed by atoms with E-state index in [0.29, 0.717) is 0 Å². The quantitative estimate of drug-likeness (QED) is 0.568. The topological polar surface area (TPSA) is 9.23 Å². The lowest BCUT2D eigenvalue weighted by Crippen LogP contribution is -1.91. The summed E-state index contributed by atoms with van der Waals surface area (Å²) in [5.74, 6) is 1.27. The highest BCUT2D eigenvalue weighted by Crippen LogP contribution is 2.16. The second-order valence-electron chi connectivity index (χ2n) is 3.53. The molecule has 0 bridgehead atoms. The molecule has 0 heterocycles. The molecule has 12 heavy (non-hydrogen) atoms. The maximum atomic E-state index is 5.42. The summed E-state index contributed by atoms with van der Waals surface area (Å²) in [6, 6.07) is 0. The minimum absolute atomic E-state index is 0.857. The summed E-state index contributed by atoms with van der Waals surface area (Å²) in [6.07, 6.45) is 13.1. The van der Waals surface area contributed by atoms with Gasteiger partial charge in [0.2, 0.25) is 10.5 Å². The van der Waals surface area contributed by atoms with Crippen LogP contribution in [0.3, 0.4) is 0 Å². The van der Waals surface area contributed by atoms with Crippen LogP contribution in [0.2, 0.25) is 0 Å². The van der Waals surface area contributed by atoms with E-state index in [1.165, 1.54) is 57.1 Å². The largest absolute Gasteiger partial charge is 0.556 e. The van der Waals surface area contributed by atoms with Crippen LogP contribution in [0.25, 0.3) is 0 Å². The molecule has 0 N–H and O–H groups in total. The molecule has 70 valence electrons. The van der Waals surface area contributed by atoms with Gasteiger partial charge >= 0.3 is 0 Å². The molecule has 0 radical (unpaired) electrons. The van der Waals surface area contributed by atoms with Gasteiger partial charge in [-0.1, -0.05) is 25.7 Å². The minimum atomic E-state index is 0.857. The molecule has 1 aliphatic rings. The van der Waals surface area contributed by atoms with Gasteiger partial charge < -0.3 is 4.43 Å². The predicted molar refractivity (Wildman–Crippen MR) is 56.0 cm³/mol. The summed E-state index contributed by atoms with van der Waals surface area (Å²) in [4.78, 5) is 0. The molecule has 0 spiro atoms. The smallest absolute Gasteiger partial charge is 0.203 e. The van der Waals surface area contributed by atoms with Crippen molar-refractivity contribution < 1.29 is 4.43 Å². The van der Waals surface area contributed by atoms with Gasteiger partial charge in [0.1, 0.15) is 0 Å². The van der Waals surface area contributed by atoms with Crippen molar-refractivity contribution in [3.63, 3.8) is 0 Å². The molecule has 2 heteroatoms. The first-order valence-corrected chi connectivity index (χ1v) is 5.98. The van der Waals surface area contributed by atoms with E-state index in [0.717, 1.165) is 10.5 Å². The van der Waals surface area contributed by atoms with Gasteiger partial charge in [0.15, 0.2) is 0 Å². The Labute approximate surface area is 78.7 Å². The van der Waals surface area contributed by atoms with Gasteiger partial charge in [-0.3, -0.25) is 0 Å². The van der Waals surface area contributed by atoms with Crippen LogP contribution in [0.5, 0.6) is 0 Å². The summed E-state index contributed by atoms with van der Waals surface area (Å²) < 4.78 is 5.42. The third-order valence-corrected chi connectivity index (χ3v) is 3.04. The zero-order valence-electron chi connectivity index (χ0n) is 8.14. The Bertz CT molecular complexity index is 143. The van der Waals surface area contributed by atoms with E-state index in [-0.39, 0.29) is 0 Å². The van der Waals surface area contributed by atoms with E-state index in [4.69, 9.17) is 4.43 Å². The molecule has 0 aromatic carbocycles.